The zero-order chi connectivity index (χ0) is 14.5. The number of nitrogens with one attached hydrogen (secondary N) is 1. The van der Waals surface area contributed by atoms with E-state index in [2.05, 4.69) is 19.2 Å². The van der Waals surface area contributed by atoms with Crippen molar-refractivity contribution in [2.75, 3.05) is 13.1 Å². The van der Waals surface area contributed by atoms with Crippen molar-refractivity contribution in [2.45, 2.75) is 58.9 Å². The summed E-state index contributed by atoms with van der Waals surface area (Å²) >= 11 is 0. The lowest BCUT2D eigenvalue weighted by Gasteiger charge is -2.22. The monoisotopic (exact) mass is 269 g/mol. The van der Waals surface area contributed by atoms with Gasteiger partial charge in [0.05, 0.1) is 0 Å². The lowest BCUT2D eigenvalue weighted by molar-refractivity contribution is -0.127. The number of carbonyl (C=O) groups excluding carboxylic acids is 2. The molecule has 0 aliphatic carbocycles. The van der Waals surface area contributed by atoms with Crippen LogP contribution in [0, 0.1) is 5.41 Å². The first-order valence-electron chi connectivity index (χ1n) is 7.23. The Morgan fingerprint density at radius 1 is 1.32 bits per heavy atom. The van der Waals surface area contributed by atoms with Gasteiger partial charge in [-0.1, -0.05) is 33.6 Å². The maximum atomic E-state index is 12.0. The zero-order valence-electron chi connectivity index (χ0n) is 12.4. The molecular formula is C14H27N3O2. The van der Waals surface area contributed by atoms with Gasteiger partial charge < -0.3 is 11.1 Å². The highest BCUT2D eigenvalue weighted by Gasteiger charge is 2.36. The van der Waals surface area contributed by atoms with Gasteiger partial charge in [-0.3, -0.25) is 9.69 Å². The SMILES string of the molecule is CCCC1NC(=O)N(CCCCC(C)(C)CN)C1=O. The van der Waals surface area contributed by atoms with Crippen molar-refractivity contribution < 1.29 is 9.59 Å². The van der Waals surface area contributed by atoms with Crippen LogP contribution >= 0.6 is 0 Å². The van der Waals surface area contributed by atoms with Gasteiger partial charge in [0.25, 0.3) is 5.91 Å². The van der Waals surface area contributed by atoms with Crippen molar-refractivity contribution in [3.8, 4) is 0 Å². The van der Waals surface area contributed by atoms with Crippen LogP contribution in [0.25, 0.3) is 0 Å². The van der Waals surface area contributed by atoms with Crippen LogP contribution in [0.4, 0.5) is 4.79 Å². The number of carbonyl (C=O) groups is 2. The van der Waals surface area contributed by atoms with Crippen LogP contribution in [-0.2, 0) is 4.79 Å². The molecule has 3 N–H and O–H groups in total. The van der Waals surface area contributed by atoms with Crippen LogP contribution in [0.1, 0.15) is 52.9 Å². The lowest BCUT2D eigenvalue weighted by Crippen LogP contribution is -2.32. The van der Waals surface area contributed by atoms with E-state index in [1.54, 1.807) is 0 Å². The zero-order valence-corrected chi connectivity index (χ0v) is 12.4. The number of rotatable bonds is 8. The number of imide groups is 1. The number of nitrogens with zero attached hydrogens (tertiary/aromatic N) is 1. The summed E-state index contributed by atoms with van der Waals surface area (Å²) in [4.78, 5) is 25.0. The van der Waals surface area contributed by atoms with Gasteiger partial charge in [0.2, 0.25) is 0 Å². The van der Waals surface area contributed by atoms with E-state index in [0.29, 0.717) is 13.1 Å². The summed E-state index contributed by atoms with van der Waals surface area (Å²) in [6.07, 6.45) is 4.48. The normalized spacial score (nSPS) is 20.0. The van der Waals surface area contributed by atoms with Crippen LogP contribution < -0.4 is 11.1 Å². The number of hydrogen-bond donors (Lipinski definition) is 2. The van der Waals surface area contributed by atoms with Gasteiger partial charge >= 0.3 is 6.03 Å². The average molecular weight is 269 g/mol. The van der Waals surface area contributed by atoms with E-state index < -0.39 is 0 Å². The first kappa shape index (κ1) is 16.0. The van der Waals surface area contributed by atoms with Gasteiger partial charge in [-0.05, 0) is 31.2 Å². The van der Waals surface area contributed by atoms with Crippen LogP contribution in [0.15, 0.2) is 0 Å². The summed E-state index contributed by atoms with van der Waals surface area (Å²) < 4.78 is 0. The first-order chi connectivity index (χ1) is 8.91. The fourth-order valence-electron chi connectivity index (χ4n) is 2.25. The van der Waals surface area contributed by atoms with E-state index >= 15 is 0 Å². The predicted molar refractivity (Wildman–Crippen MR) is 75.6 cm³/mol. The Kier molecular flexibility index (Phi) is 5.79. The Bertz CT molecular complexity index is 329. The molecule has 1 rings (SSSR count). The molecule has 1 atom stereocenters. The van der Waals surface area contributed by atoms with Crippen molar-refractivity contribution in [3.63, 3.8) is 0 Å². The predicted octanol–water partition coefficient (Wildman–Crippen LogP) is 1.86. The summed E-state index contributed by atoms with van der Waals surface area (Å²) in [5, 5.41) is 2.74. The first-order valence-corrected chi connectivity index (χ1v) is 7.23. The summed E-state index contributed by atoms with van der Waals surface area (Å²) in [6.45, 7) is 7.47. The molecule has 110 valence electrons. The molecular weight excluding hydrogens is 242 g/mol. The molecule has 0 saturated carbocycles. The Morgan fingerprint density at radius 2 is 2.00 bits per heavy atom. The molecule has 5 nitrogen and oxygen atoms in total. The third kappa shape index (κ3) is 4.49. The molecule has 0 aromatic heterocycles. The van der Waals surface area contributed by atoms with Crippen molar-refractivity contribution >= 4 is 11.9 Å². The van der Waals surface area contributed by atoms with Crippen LogP contribution in [-0.4, -0.2) is 36.0 Å². The van der Waals surface area contributed by atoms with Crippen LogP contribution in [0.2, 0.25) is 0 Å². The van der Waals surface area contributed by atoms with E-state index in [9.17, 15) is 9.59 Å². The molecule has 19 heavy (non-hydrogen) atoms. The third-order valence-corrected chi connectivity index (χ3v) is 3.72. The molecule has 1 saturated heterocycles. The van der Waals surface area contributed by atoms with E-state index in [-0.39, 0.29) is 23.4 Å². The van der Waals surface area contributed by atoms with Gasteiger partial charge in [-0.25, -0.2) is 4.79 Å². The van der Waals surface area contributed by atoms with E-state index in [1.165, 1.54) is 4.90 Å². The largest absolute Gasteiger partial charge is 0.330 e. The number of urea groups is 1. The Hall–Kier alpha value is -1.10. The van der Waals surface area contributed by atoms with E-state index in [1.807, 2.05) is 6.92 Å². The highest BCUT2D eigenvalue weighted by atomic mass is 16.2. The molecule has 5 heteroatoms. The molecule has 1 unspecified atom stereocenters. The quantitative estimate of drug-likeness (QED) is 0.521. The van der Waals surface area contributed by atoms with Crippen molar-refractivity contribution in [3.05, 3.63) is 0 Å². The lowest BCUT2D eigenvalue weighted by atomic mass is 9.87. The highest BCUT2D eigenvalue weighted by Crippen LogP contribution is 2.21. The smallest absolute Gasteiger partial charge is 0.324 e. The van der Waals surface area contributed by atoms with Crippen LogP contribution in [0.3, 0.4) is 0 Å². The maximum Gasteiger partial charge on any atom is 0.324 e. The second-order valence-corrected chi connectivity index (χ2v) is 6.11. The second-order valence-electron chi connectivity index (χ2n) is 6.11. The highest BCUT2D eigenvalue weighted by molar-refractivity contribution is 6.04. The minimum absolute atomic E-state index is 0.0649. The van der Waals surface area contributed by atoms with Crippen LogP contribution in [0.5, 0.6) is 0 Å². The van der Waals surface area contributed by atoms with E-state index in [0.717, 1.165) is 32.1 Å². The number of hydrogen-bond acceptors (Lipinski definition) is 3. The fraction of sp³-hybridized carbons (Fsp3) is 0.857. The number of unbranched alkanes of at least 4 members (excludes halogenated alkanes) is 1. The molecule has 0 aromatic carbocycles. The summed E-state index contributed by atoms with van der Waals surface area (Å²) in [5.41, 5.74) is 5.82. The molecule has 1 heterocycles. The summed E-state index contributed by atoms with van der Waals surface area (Å²) in [7, 11) is 0. The molecule has 0 spiro atoms. The summed E-state index contributed by atoms with van der Waals surface area (Å²) in [6, 6.07) is -0.542. The summed E-state index contributed by atoms with van der Waals surface area (Å²) in [5.74, 6) is -0.0649. The molecule has 1 aliphatic rings. The van der Waals surface area contributed by atoms with Crippen molar-refractivity contribution in [1.29, 1.82) is 0 Å². The fourth-order valence-corrected chi connectivity index (χ4v) is 2.25. The Morgan fingerprint density at radius 3 is 2.58 bits per heavy atom. The molecule has 1 aliphatic heterocycles. The molecule has 1 fully saturated rings. The van der Waals surface area contributed by atoms with Gasteiger partial charge in [-0.2, -0.15) is 0 Å². The second kappa shape index (κ2) is 6.89. The van der Waals surface area contributed by atoms with Gasteiger partial charge in [0.1, 0.15) is 6.04 Å². The van der Waals surface area contributed by atoms with Gasteiger partial charge in [0.15, 0.2) is 0 Å². The Balaban J connectivity index is 2.33. The molecule has 0 radical (unpaired) electrons. The number of nitrogens with two attached hydrogens (primary N) is 1. The Labute approximate surface area is 115 Å². The van der Waals surface area contributed by atoms with E-state index in [4.69, 9.17) is 5.73 Å². The average Bonchev–Trinajstić information content (AvgIpc) is 2.62. The van der Waals surface area contributed by atoms with Crippen molar-refractivity contribution in [2.24, 2.45) is 11.1 Å². The van der Waals surface area contributed by atoms with Gasteiger partial charge in [-0.15, -0.1) is 0 Å². The topological polar surface area (TPSA) is 75.4 Å². The maximum absolute atomic E-state index is 12.0. The molecule has 0 bridgehead atoms. The third-order valence-electron chi connectivity index (χ3n) is 3.72. The minimum Gasteiger partial charge on any atom is -0.330 e. The molecule has 0 aromatic rings. The van der Waals surface area contributed by atoms with Crippen molar-refractivity contribution in [1.82, 2.24) is 10.2 Å². The standard InChI is InChI=1S/C14H27N3O2/c1-4-7-11-12(18)17(13(19)16-11)9-6-5-8-14(2,3)10-15/h11H,4-10,15H2,1-3H3,(H,16,19). The number of amides is 3. The molecule has 3 amide bonds. The van der Waals surface area contributed by atoms with Gasteiger partial charge in [0, 0.05) is 6.54 Å². The minimum atomic E-state index is -0.307.